The van der Waals surface area contributed by atoms with Crippen molar-refractivity contribution >= 4 is 21.9 Å². The van der Waals surface area contributed by atoms with Gasteiger partial charge in [0, 0.05) is 5.70 Å². The van der Waals surface area contributed by atoms with Crippen LogP contribution < -0.4 is 5.73 Å². The summed E-state index contributed by atoms with van der Waals surface area (Å²) in [7, 11) is 0. The van der Waals surface area contributed by atoms with Crippen molar-refractivity contribution in [3.8, 4) is 0 Å². The quantitative estimate of drug-likeness (QED) is 0.691. The van der Waals surface area contributed by atoms with E-state index >= 15 is 0 Å². The number of aliphatic carboxylic acids is 1. The number of carboxylic acid groups (broad SMARTS) is 1. The van der Waals surface area contributed by atoms with Crippen LogP contribution in [0.1, 0.15) is 13.8 Å². The fourth-order valence-electron chi connectivity index (χ4n) is 1.34. The number of carbonyl (C=O) groups is 1. The second-order valence-corrected chi connectivity index (χ2v) is 5.05. The van der Waals surface area contributed by atoms with E-state index in [2.05, 4.69) is 15.9 Å². The van der Waals surface area contributed by atoms with E-state index in [1.54, 1.807) is 19.1 Å². The third kappa shape index (κ3) is 1.77. The van der Waals surface area contributed by atoms with Gasteiger partial charge in [0.05, 0.1) is 10.2 Å². The summed E-state index contributed by atoms with van der Waals surface area (Å²) in [4.78, 5) is 10.9. The zero-order valence-corrected chi connectivity index (χ0v) is 9.13. The summed E-state index contributed by atoms with van der Waals surface area (Å²) in [6.45, 7) is 3.60. The van der Waals surface area contributed by atoms with Crippen LogP contribution >= 0.6 is 15.9 Å². The summed E-state index contributed by atoms with van der Waals surface area (Å²) in [5.41, 5.74) is 7.19. The van der Waals surface area contributed by atoms with Crippen LogP contribution in [0.25, 0.3) is 0 Å². The normalized spacial score (nSPS) is 33.6. The predicted molar refractivity (Wildman–Crippen MR) is 54.5 cm³/mol. The SMILES string of the molecule is CC1=CC(C(=O)O)C(C)(Br)C(N)=C1. The first-order valence-corrected chi connectivity index (χ1v) is 4.73. The molecule has 1 aliphatic carbocycles. The highest BCUT2D eigenvalue weighted by atomic mass is 79.9. The maximum atomic E-state index is 10.9. The molecule has 2 atom stereocenters. The molecule has 72 valence electrons. The lowest BCUT2D eigenvalue weighted by atomic mass is 9.85. The number of nitrogens with two attached hydrogens (primary N) is 1. The Morgan fingerprint density at radius 2 is 2.31 bits per heavy atom. The summed E-state index contributed by atoms with van der Waals surface area (Å²) >= 11 is 3.33. The van der Waals surface area contributed by atoms with E-state index in [9.17, 15) is 4.79 Å². The van der Waals surface area contributed by atoms with E-state index < -0.39 is 16.2 Å². The van der Waals surface area contributed by atoms with Gasteiger partial charge < -0.3 is 10.8 Å². The third-order valence-corrected chi connectivity index (χ3v) is 3.18. The molecule has 0 bridgehead atoms. The van der Waals surface area contributed by atoms with E-state index in [0.29, 0.717) is 5.70 Å². The zero-order valence-electron chi connectivity index (χ0n) is 7.54. The molecule has 0 aromatic heterocycles. The Labute approximate surface area is 85.4 Å². The van der Waals surface area contributed by atoms with Crippen molar-refractivity contribution < 1.29 is 9.90 Å². The second-order valence-electron chi connectivity index (χ2n) is 3.40. The van der Waals surface area contributed by atoms with Gasteiger partial charge in [0.1, 0.15) is 0 Å². The highest BCUT2D eigenvalue weighted by molar-refractivity contribution is 9.10. The van der Waals surface area contributed by atoms with Gasteiger partial charge in [0.2, 0.25) is 0 Å². The molecular formula is C9H12BrNO2. The molecule has 0 radical (unpaired) electrons. The fraction of sp³-hybridized carbons (Fsp3) is 0.444. The highest BCUT2D eigenvalue weighted by Gasteiger charge is 2.39. The van der Waals surface area contributed by atoms with Gasteiger partial charge in [-0.1, -0.05) is 27.6 Å². The molecule has 0 aromatic rings. The Hall–Kier alpha value is -0.770. The molecule has 0 saturated heterocycles. The number of allylic oxidation sites excluding steroid dienone is 3. The maximum absolute atomic E-state index is 10.9. The molecule has 0 aliphatic heterocycles. The third-order valence-electron chi connectivity index (χ3n) is 2.23. The maximum Gasteiger partial charge on any atom is 0.312 e. The lowest BCUT2D eigenvalue weighted by Crippen LogP contribution is -2.39. The largest absolute Gasteiger partial charge is 0.481 e. The van der Waals surface area contributed by atoms with E-state index in [4.69, 9.17) is 10.8 Å². The molecule has 0 saturated carbocycles. The molecule has 0 fully saturated rings. The lowest BCUT2D eigenvalue weighted by Gasteiger charge is -2.31. The Kier molecular flexibility index (Phi) is 2.52. The molecule has 13 heavy (non-hydrogen) atoms. The first-order valence-electron chi connectivity index (χ1n) is 3.93. The molecule has 0 heterocycles. The van der Waals surface area contributed by atoms with Crippen molar-refractivity contribution in [2.75, 3.05) is 0 Å². The number of alkyl halides is 1. The van der Waals surface area contributed by atoms with Crippen molar-refractivity contribution in [2.45, 2.75) is 18.2 Å². The Morgan fingerprint density at radius 3 is 2.77 bits per heavy atom. The van der Waals surface area contributed by atoms with Crippen LogP contribution in [0.3, 0.4) is 0 Å². The van der Waals surface area contributed by atoms with Gasteiger partial charge in [-0.3, -0.25) is 4.79 Å². The first-order chi connectivity index (χ1) is 5.85. The van der Waals surface area contributed by atoms with Crippen molar-refractivity contribution in [1.29, 1.82) is 0 Å². The smallest absolute Gasteiger partial charge is 0.312 e. The zero-order chi connectivity index (χ0) is 10.2. The summed E-state index contributed by atoms with van der Waals surface area (Å²) in [5, 5.41) is 8.95. The molecule has 3 nitrogen and oxygen atoms in total. The monoisotopic (exact) mass is 245 g/mol. The summed E-state index contributed by atoms with van der Waals surface area (Å²) in [6, 6.07) is 0. The Balaban J connectivity index is 3.12. The second kappa shape index (κ2) is 3.18. The minimum absolute atomic E-state index is 0.555. The van der Waals surface area contributed by atoms with Crippen LogP contribution in [-0.2, 0) is 4.79 Å². The van der Waals surface area contributed by atoms with Gasteiger partial charge in [0.25, 0.3) is 0 Å². The van der Waals surface area contributed by atoms with Crippen molar-refractivity contribution in [3.05, 3.63) is 23.4 Å². The molecule has 1 rings (SSSR count). The minimum atomic E-state index is -0.866. The summed E-state index contributed by atoms with van der Waals surface area (Å²) in [5.74, 6) is -1.47. The molecule has 3 N–H and O–H groups in total. The number of halogens is 1. The number of carboxylic acids is 1. The molecule has 0 amide bonds. The van der Waals surface area contributed by atoms with E-state index in [-0.39, 0.29) is 0 Å². The summed E-state index contributed by atoms with van der Waals surface area (Å²) < 4.78 is -0.668. The standard InChI is InChI=1S/C9H12BrNO2/c1-5-3-6(8(12)13)9(2,10)7(11)4-5/h3-4,6H,11H2,1-2H3,(H,12,13). The van der Waals surface area contributed by atoms with Gasteiger partial charge in [0.15, 0.2) is 0 Å². The van der Waals surface area contributed by atoms with E-state index in [0.717, 1.165) is 5.57 Å². The van der Waals surface area contributed by atoms with Crippen LogP contribution in [-0.4, -0.2) is 15.4 Å². The molecule has 0 aromatic carbocycles. The number of hydrogen-bond acceptors (Lipinski definition) is 2. The average Bonchev–Trinajstić information content (AvgIpc) is 1.96. The predicted octanol–water partition coefficient (Wildman–Crippen LogP) is 1.64. The fourth-order valence-corrected chi connectivity index (χ4v) is 1.78. The number of rotatable bonds is 1. The summed E-state index contributed by atoms with van der Waals surface area (Å²) in [6.07, 6.45) is 3.49. The lowest BCUT2D eigenvalue weighted by molar-refractivity contribution is -0.140. The van der Waals surface area contributed by atoms with Gasteiger partial charge in [-0.15, -0.1) is 0 Å². The van der Waals surface area contributed by atoms with E-state index in [1.165, 1.54) is 0 Å². The van der Waals surface area contributed by atoms with Crippen LogP contribution in [0.4, 0.5) is 0 Å². The van der Waals surface area contributed by atoms with Gasteiger partial charge in [-0.25, -0.2) is 0 Å². The van der Waals surface area contributed by atoms with Crippen LogP contribution in [0, 0.1) is 5.92 Å². The van der Waals surface area contributed by atoms with Gasteiger partial charge >= 0.3 is 5.97 Å². The Bertz CT molecular complexity index is 305. The Morgan fingerprint density at radius 1 is 1.77 bits per heavy atom. The minimum Gasteiger partial charge on any atom is -0.481 e. The molecule has 4 heteroatoms. The first kappa shape index (κ1) is 10.3. The number of hydrogen-bond donors (Lipinski definition) is 2. The van der Waals surface area contributed by atoms with Crippen molar-refractivity contribution in [2.24, 2.45) is 11.7 Å². The van der Waals surface area contributed by atoms with Crippen molar-refractivity contribution in [1.82, 2.24) is 0 Å². The van der Waals surface area contributed by atoms with Crippen LogP contribution in [0.15, 0.2) is 23.4 Å². The molecular weight excluding hydrogens is 234 g/mol. The average molecular weight is 246 g/mol. The van der Waals surface area contributed by atoms with E-state index in [1.807, 2.05) is 6.92 Å². The molecule has 2 unspecified atom stereocenters. The highest BCUT2D eigenvalue weighted by Crippen LogP contribution is 2.37. The van der Waals surface area contributed by atoms with Gasteiger partial charge in [-0.05, 0) is 19.9 Å². The molecule has 0 spiro atoms. The van der Waals surface area contributed by atoms with Crippen LogP contribution in [0.5, 0.6) is 0 Å². The topological polar surface area (TPSA) is 63.3 Å². The molecule has 1 aliphatic rings. The van der Waals surface area contributed by atoms with Crippen molar-refractivity contribution in [3.63, 3.8) is 0 Å². The van der Waals surface area contributed by atoms with Crippen LogP contribution in [0.2, 0.25) is 0 Å². The van der Waals surface area contributed by atoms with Gasteiger partial charge in [-0.2, -0.15) is 0 Å².